The molecule has 1 aliphatic rings. The highest BCUT2D eigenvalue weighted by Gasteiger charge is 2.23. The number of nitrogens with one attached hydrogen (secondary N) is 1. The van der Waals surface area contributed by atoms with Crippen LogP contribution in [-0.4, -0.2) is 18.0 Å². The number of hydrogen-bond donors (Lipinski definition) is 2. The molecule has 2 unspecified atom stereocenters. The monoisotopic (exact) mass is 196 g/mol. The predicted octanol–water partition coefficient (Wildman–Crippen LogP) is 1.19. The molecule has 1 rings (SSSR count). The fourth-order valence-electron chi connectivity index (χ4n) is 1.72. The summed E-state index contributed by atoms with van der Waals surface area (Å²) in [7, 11) is 0. The zero-order chi connectivity index (χ0) is 10.6. The summed E-state index contributed by atoms with van der Waals surface area (Å²) < 4.78 is 0. The normalized spacial score (nSPS) is 25.7. The van der Waals surface area contributed by atoms with Crippen LogP contribution < -0.4 is 11.1 Å². The van der Waals surface area contributed by atoms with E-state index in [9.17, 15) is 4.79 Å². The Balaban J connectivity index is 2.39. The zero-order valence-corrected chi connectivity index (χ0v) is 8.99. The van der Waals surface area contributed by atoms with Crippen molar-refractivity contribution in [2.45, 2.75) is 45.2 Å². The SMILES string of the molecule is CCC(CC)NC(=O)C1C=CC(N)C1. The van der Waals surface area contributed by atoms with Gasteiger partial charge in [-0.15, -0.1) is 0 Å². The van der Waals surface area contributed by atoms with Crippen molar-refractivity contribution in [1.29, 1.82) is 0 Å². The van der Waals surface area contributed by atoms with E-state index in [0.29, 0.717) is 6.04 Å². The fourth-order valence-corrected chi connectivity index (χ4v) is 1.72. The third kappa shape index (κ3) is 2.84. The number of amides is 1. The van der Waals surface area contributed by atoms with Crippen LogP contribution in [0.2, 0.25) is 0 Å². The Labute approximate surface area is 85.7 Å². The molecule has 0 bridgehead atoms. The highest BCUT2D eigenvalue weighted by molar-refractivity contribution is 5.81. The lowest BCUT2D eigenvalue weighted by atomic mass is 10.1. The molecule has 3 N–H and O–H groups in total. The van der Waals surface area contributed by atoms with Gasteiger partial charge >= 0.3 is 0 Å². The topological polar surface area (TPSA) is 55.1 Å². The lowest BCUT2D eigenvalue weighted by molar-refractivity contribution is -0.124. The first-order valence-electron chi connectivity index (χ1n) is 5.41. The molecule has 0 radical (unpaired) electrons. The second-order valence-corrected chi connectivity index (χ2v) is 3.91. The minimum Gasteiger partial charge on any atom is -0.353 e. The van der Waals surface area contributed by atoms with E-state index in [4.69, 9.17) is 5.73 Å². The van der Waals surface area contributed by atoms with Crippen molar-refractivity contribution in [2.24, 2.45) is 11.7 Å². The first-order chi connectivity index (χ1) is 6.67. The van der Waals surface area contributed by atoms with Gasteiger partial charge in [-0.25, -0.2) is 0 Å². The largest absolute Gasteiger partial charge is 0.353 e. The van der Waals surface area contributed by atoms with Crippen molar-refractivity contribution in [3.05, 3.63) is 12.2 Å². The van der Waals surface area contributed by atoms with E-state index in [1.54, 1.807) is 0 Å². The van der Waals surface area contributed by atoms with Crippen LogP contribution in [0.15, 0.2) is 12.2 Å². The number of carbonyl (C=O) groups is 1. The van der Waals surface area contributed by atoms with Gasteiger partial charge < -0.3 is 11.1 Å². The summed E-state index contributed by atoms with van der Waals surface area (Å²) in [4.78, 5) is 11.7. The Kier molecular flexibility index (Phi) is 4.14. The first-order valence-corrected chi connectivity index (χ1v) is 5.41. The molecule has 0 spiro atoms. The lowest BCUT2D eigenvalue weighted by Gasteiger charge is -2.17. The first kappa shape index (κ1) is 11.2. The molecule has 0 saturated heterocycles. The van der Waals surface area contributed by atoms with Crippen molar-refractivity contribution >= 4 is 5.91 Å². The summed E-state index contributed by atoms with van der Waals surface area (Å²) in [5.41, 5.74) is 5.69. The molecule has 1 aliphatic carbocycles. The van der Waals surface area contributed by atoms with Crippen LogP contribution in [0.3, 0.4) is 0 Å². The number of rotatable bonds is 4. The molecule has 2 atom stereocenters. The summed E-state index contributed by atoms with van der Waals surface area (Å²) in [6.07, 6.45) is 6.57. The average Bonchev–Trinajstić information content (AvgIpc) is 2.61. The maximum Gasteiger partial charge on any atom is 0.227 e. The van der Waals surface area contributed by atoms with Gasteiger partial charge in [-0.3, -0.25) is 4.79 Å². The highest BCUT2D eigenvalue weighted by Crippen LogP contribution is 2.16. The summed E-state index contributed by atoms with van der Waals surface area (Å²) in [6, 6.07) is 0.375. The van der Waals surface area contributed by atoms with Gasteiger partial charge in [-0.05, 0) is 19.3 Å². The molecule has 0 heterocycles. The molecule has 1 amide bonds. The van der Waals surface area contributed by atoms with E-state index in [1.807, 2.05) is 12.2 Å². The standard InChI is InChI=1S/C11H20N2O/c1-3-10(4-2)13-11(14)8-5-6-9(12)7-8/h5-6,8-10H,3-4,7,12H2,1-2H3,(H,13,14). The number of hydrogen-bond acceptors (Lipinski definition) is 2. The third-order valence-corrected chi connectivity index (χ3v) is 2.79. The molecule has 0 aromatic rings. The minimum atomic E-state index is -0.00870. The molecule has 14 heavy (non-hydrogen) atoms. The van der Waals surface area contributed by atoms with Gasteiger partial charge in [0.25, 0.3) is 0 Å². The second kappa shape index (κ2) is 5.15. The van der Waals surface area contributed by atoms with Crippen molar-refractivity contribution < 1.29 is 4.79 Å². The molecular weight excluding hydrogens is 176 g/mol. The van der Waals surface area contributed by atoms with Gasteiger partial charge in [0.1, 0.15) is 0 Å². The van der Waals surface area contributed by atoms with Crippen LogP contribution in [0.25, 0.3) is 0 Å². The van der Waals surface area contributed by atoms with Crippen molar-refractivity contribution in [3.63, 3.8) is 0 Å². The van der Waals surface area contributed by atoms with Crippen LogP contribution in [-0.2, 0) is 4.79 Å². The van der Waals surface area contributed by atoms with E-state index in [1.165, 1.54) is 0 Å². The molecule has 80 valence electrons. The van der Waals surface area contributed by atoms with Gasteiger partial charge in [0.15, 0.2) is 0 Å². The Hall–Kier alpha value is -0.830. The molecule has 0 aliphatic heterocycles. The van der Waals surface area contributed by atoms with E-state index >= 15 is 0 Å². The molecule has 3 heteroatoms. The maximum atomic E-state index is 11.7. The van der Waals surface area contributed by atoms with E-state index in [0.717, 1.165) is 19.3 Å². The van der Waals surface area contributed by atoms with Crippen molar-refractivity contribution in [1.82, 2.24) is 5.32 Å². The number of carbonyl (C=O) groups excluding carboxylic acids is 1. The number of nitrogens with two attached hydrogens (primary N) is 1. The summed E-state index contributed by atoms with van der Waals surface area (Å²) >= 11 is 0. The molecule has 0 aromatic carbocycles. The second-order valence-electron chi connectivity index (χ2n) is 3.91. The summed E-state index contributed by atoms with van der Waals surface area (Å²) in [5.74, 6) is 0.119. The van der Waals surface area contributed by atoms with Crippen LogP contribution in [0, 0.1) is 5.92 Å². The van der Waals surface area contributed by atoms with Crippen molar-refractivity contribution in [3.8, 4) is 0 Å². The minimum absolute atomic E-state index is 0.00870. The van der Waals surface area contributed by atoms with Gasteiger partial charge in [-0.1, -0.05) is 26.0 Å². The van der Waals surface area contributed by atoms with E-state index in [2.05, 4.69) is 19.2 Å². The molecule has 0 fully saturated rings. The van der Waals surface area contributed by atoms with Crippen molar-refractivity contribution in [2.75, 3.05) is 0 Å². The fraction of sp³-hybridized carbons (Fsp3) is 0.727. The van der Waals surface area contributed by atoms with Crippen LogP contribution >= 0.6 is 0 Å². The molecule has 3 nitrogen and oxygen atoms in total. The Morgan fingerprint density at radius 3 is 2.57 bits per heavy atom. The van der Waals surface area contributed by atoms with Gasteiger partial charge in [-0.2, -0.15) is 0 Å². The summed E-state index contributed by atoms with van der Waals surface area (Å²) in [6.45, 7) is 4.18. The highest BCUT2D eigenvalue weighted by atomic mass is 16.1. The Morgan fingerprint density at radius 1 is 1.50 bits per heavy atom. The molecular formula is C11H20N2O. The summed E-state index contributed by atoms with van der Waals surface area (Å²) in [5, 5.41) is 3.03. The van der Waals surface area contributed by atoms with Gasteiger partial charge in [0, 0.05) is 12.1 Å². The Morgan fingerprint density at radius 2 is 2.14 bits per heavy atom. The Bertz CT molecular complexity index is 221. The van der Waals surface area contributed by atoms with Crippen LogP contribution in [0.5, 0.6) is 0 Å². The quantitative estimate of drug-likeness (QED) is 0.664. The average molecular weight is 196 g/mol. The molecule has 0 aromatic heterocycles. The lowest BCUT2D eigenvalue weighted by Crippen LogP contribution is -2.38. The van der Waals surface area contributed by atoms with Gasteiger partial charge in [0.2, 0.25) is 5.91 Å². The predicted molar refractivity (Wildman–Crippen MR) is 57.7 cm³/mol. The van der Waals surface area contributed by atoms with Gasteiger partial charge in [0.05, 0.1) is 5.92 Å². The van der Waals surface area contributed by atoms with E-state index in [-0.39, 0.29) is 17.9 Å². The molecule has 0 saturated carbocycles. The van der Waals surface area contributed by atoms with Crippen LogP contribution in [0.4, 0.5) is 0 Å². The smallest absolute Gasteiger partial charge is 0.227 e. The maximum absolute atomic E-state index is 11.7. The van der Waals surface area contributed by atoms with E-state index < -0.39 is 0 Å². The third-order valence-electron chi connectivity index (χ3n) is 2.79. The van der Waals surface area contributed by atoms with Crippen LogP contribution in [0.1, 0.15) is 33.1 Å². The zero-order valence-electron chi connectivity index (χ0n) is 8.99.